The van der Waals surface area contributed by atoms with E-state index >= 15 is 0 Å². The van der Waals surface area contributed by atoms with Crippen LogP contribution in [0.5, 0.6) is 0 Å². The molecular weight excluding hydrogens is 336 g/mol. The number of carbonyl (C=O) groups is 1. The van der Waals surface area contributed by atoms with Gasteiger partial charge in [-0.25, -0.2) is 8.42 Å². The first-order valence-corrected chi connectivity index (χ1v) is 11.0. The van der Waals surface area contributed by atoms with E-state index in [9.17, 15) is 13.2 Å². The summed E-state index contributed by atoms with van der Waals surface area (Å²) >= 11 is 0. The molecule has 1 aromatic rings. The summed E-state index contributed by atoms with van der Waals surface area (Å²) in [6.45, 7) is 7.50. The van der Waals surface area contributed by atoms with E-state index < -0.39 is 9.84 Å². The minimum Gasteiger partial charge on any atom is -0.339 e. The summed E-state index contributed by atoms with van der Waals surface area (Å²) in [5.74, 6) is 1.41. The van der Waals surface area contributed by atoms with Crippen molar-refractivity contribution >= 4 is 15.7 Å². The van der Waals surface area contributed by atoms with Crippen molar-refractivity contribution in [2.24, 2.45) is 11.8 Å². The largest absolute Gasteiger partial charge is 0.339 e. The third kappa shape index (κ3) is 3.90. The lowest BCUT2D eigenvalue weighted by Gasteiger charge is -2.35. The van der Waals surface area contributed by atoms with Gasteiger partial charge in [0.25, 0.3) is 5.91 Å². The Bertz CT molecular complexity index is 759. The molecular formula is C19H28N2O3S. The number of nitrogens with zero attached hydrogens (tertiary/aromatic N) is 1. The van der Waals surface area contributed by atoms with Crippen molar-refractivity contribution in [3.63, 3.8) is 0 Å². The zero-order chi connectivity index (χ0) is 18.2. The molecule has 3 rings (SSSR count). The standard InChI is InChI=1S/C19H28N2O3S/c1-13-10-17(25(3,23)24)11-18(14(13)2)19(22)21-8-5-15(6-9-21)16-4-7-20-12-16/h10-11,15-16,20H,4-9,12H2,1-3H3. The number of nitrogens with one attached hydrogen (secondary N) is 1. The van der Waals surface area contributed by atoms with Gasteiger partial charge in [0.2, 0.25) is 0 Å². The average molecular weight is 365 g/mol. The summed E-state index contributed by atoms with van der Waals surface area (Å²) in [6.07, 6.45) is 4.52. The molecule has 1 aromatic carbocycles. The zero-order valence-electron chi connectivity index (χ0n) is 15.3. The molecule has 0 bridgehead atoms. The van der Waals surface area contributed by atoms with E-state index in [0.717, 1.165) is 56.1 Å². The average Bonchev–Trinajstić information content (AvgIpc) is 3.10. The van der Waals surface area contributed by atoms with Crippen molar-refractivity contribution in [1.82, 2.24) is 10.2 Å². The van der Waals surface area contributed by atoms with Crippen LogP contribution in [0.25, 0.3) is 0 Å². The fraction of sp³-hybridized carbons (Fsp3) is 0.632. The lowest BCUT2D eigenvalue weighted by Crippen LogP contribution is -2.40. The number of amides is 1. The molecule has 2 saturated heterocycles. The van der Waals surface area contributed by atoms with Crippen LogP contribution in [0, 0.1) is 25.7 Å². The van der Waals surface area contributed by atoms with E-state index in [0.29, 0.717) is 11.5 Å². The first-order valence-electron chi connectivity index (χ1n) is 9.08. The molecule has 1 unspecified atom stereocenters. The summed E-state index contributed by atoms with van der Waals surface area (Å²) < 4.78 is 23.8. The molecule has 5 nitrogen and oxygen atoms in total. The number of hydrogen-bond acceptors (Lipinski definition) is 4. The first-order chi connectivity index (χ1) is 11.8. The third-order valence-electron chi connectivity index (χ3n) is 5.89. The summed E-state index contributed by atoms with van der Waals surface area (Å²) in [5.41, 5.74) is 2.25. The lowest BCUT2D eigenvalue weighted by atomic mass is 9.83. The molecule has 0 aromatic heterocycles. The second-order valence-corrected chi connectivity index (χ2v) is 9.58. The second-order valence-electron chi connectivity index (χ2n) is 7.57. The molecule has 138 valence electrons. The lowest BCUT2D eigenvalue weighted by molar-refractivity contribution is 0.0662. The van der Waals surface area contributed by atoms with Crippen molar-refractivity contribution in [2.75, 3.05) is 32.4 Å². The maximum Gasteiger partial charge on any atom is 0.254 e. The monoisotopic (exact) mass is 364 g/mol. The van der Waals surface area contributed by atoms with Crippen molar-refractivity contribution < 1.29 is 13.2 Å². The number of carbonyl (C=O) groups excluding carboxylic acids is 1. The Labute approximate surface area is 150 Å². The Hall–Kier alpha value is -1.40. The highest BCUT2D eigenvalue weighted by atomic mass is 32.2. The van der Waals surface area contributed by atoms with Gasteiger partial charge in [0, 0.05) is 24.9 Å². The van der Waals surface area contributed by atoms with E-state index in [1.165, 1.54) is 12.7 Å². The van der Waals surface area contributed by atoms with Crippen LogP contribution in [0.15, 0.2) is 17.0 Å². The maximum absolute atomic E-state index is 13.0. The van der Waals surface area contributed by atoms with Crippen LogP contribution in [0.2, 0.25) is 0 Å². The van der Waals surface area contributed by atoms with Crippen LogP contribution in [0.1, 0.15) is 40.7 Å². The molecule has 2 fully saturated rings. The molecule has 0 spiro atoms. The van der Waals surface area contributed by atoms with Crippen LogP contribution < -0.4 is 5.32 Å². The number of likely N-dealkylation sites (tertiary alicyclic amines) is 1. The van der Waals surface area contributed by atoms with Gasteiger partial charge in [-0.2, -0.15) is 0 Å². The summed E-state index contributed by atoms with van der Waals surface area (Å²) in [5, 5.41) is 3.43. The SMILES string of the molecule is Cc1cc(S(C)(=O)=O)cc(C(=O)N2CCC(C3CCNC3)CC2)c1C. The minimum atomic E-state index is -3.33. The van der Waals surface area contributed by atoms with Crippen LogP contribution in [-0.2, 0) is 9.84 Å². The second kappa shape index (κ2) is 7.08. The summed E-state index contributed by atoms with van der Waals surface area (Å²) in [4.78, 5) is 15.1. The molecule has 6 heteroatoms. The van der Waals surface area contributed by atoms with E-state index in [1.807, 2.05) is 18.7 Å². The molecule has 2 heterocycles. The van der Waals surface area contributed by atoms with Gasteiger partial charge in [0.1, 0.15) is 0 Å². The molecule has 1 amide bonds. The van der Waals surface area contributed by atoms with E-state index in [-0.39, 0.29) is 10.8 Å². The Kier molecular flexibility index (Phi) is 5.21. The number of rotatable bonds is 3. The van der Waals surface area contributed by atoms with Crippen LogP contribution >= 0.6 is 0 Å². The topological polar surface area (TPSA) is 66.5 Å². The zero-order valence-corrected chi connectivity index (χ0v) is 16.2. The van der Waals surface area contributed by atoms with E-state index in [1.54, 1.807) is 12.1 Å². The van der Waals surface area contributed by atoms with Crippen molar-refractivity contribution in [3.05, 3.63) is 28.8 Å². The Morgan fingerprint density at radius 2 is 1.80 bits per heavy atom. The van der Waals surface area contributed by atoms with E-state index in [2.05, 4.69) is 5.32 Å². The van der Waals surface area contributed by atoms with Gasteiger partial charge in [-0.15, -0.1) is 0 Å². The molecule has 2 aliphatic heterocycles. The molecule has 0 aliphatic carbocycles. The smallest absolute Gasteiger partial charge is 0.254 e. The van der Waals surface area contributed by atoms with Gasteiger partial charge in [0.15, 0.2) is 9.84 Å². The Balaban J connectivity index is 1.76. The predicted molar refractivity (Wildman–Crippen MR) is 98.6 cm³/mol. The van der Waals surface area contributed by atoms with Gasteiger partial charge in [-0.05, 0) is 81.3 Å². The van der Waals surface area contributed by atoms with Crippen molar-refractivity contribution in [1.29, 1.82) is 0 Å². The molecule has 0 radical (unpaired) electrons. The molecule has 1 N–H and O–H groups in total. The van der Waals surface area contributed by atoms with Gasteiger partial charge < -0.3 is 10.2 Å². The quantitative estimate of drug-likeness (QED) is 0.893. The highest BCUT2D eigenvalue weighted by Crippen LogP contribution is 2.30. The number of piperidine rings is 1. The minimum absolute atomic E-state index is 0.0332. The number of aryl methyl sites for hydroxylation is 1. The fourth-order valence-electron chi connectivity index (χ4n) is 4.09. The third-order valence-corrected chi connectivity index (χ3v) is 6.98. The number of benzene rings is 1. The summed E-state index contributed by atoms with van der Waals surface area (Å²) in [6, 6.07) is 3.20. The number of hydrogen-bond donors (Lipinski definition) is 1. The highest BCUT2D eigenvalue weighted by molar-refractivity contribution is 7.90. The van der Waals surface area contributed by atoms with Crippen molar-refractivity contribution in [3.8, 4) is 0 Å². The molecule has 0 saturated carbocycles. The summed E-state index contributed by atoms with van der Waals surface area (Å²) in [7, 11) is -3.33. The van der Waals surface area contributed by atoms with Gasteiger partial charge in [-0.3, -0.25) is 4.79 Å². The number of sulfone groups is 1. The molecule has 25 heavy (non-hydrogen) atoms. The fourth-order valence-corrected chi connectivity index (χ4v) is 4.81. The van der Waals surface area contributed by atoms with E-state index in [4.69, 9.17) is 0 Å². The van der Waals surface area contributed by atoms with Gasteiger partial charge in [0.05, 0.1) is 4.90 Å². The maximum atomic E-state index is 13.0. The predicted octanol–water partition coefficient (Wildman–Crippen LogP) is 2.17. The van der Waals surface area contributed by atoms with Gasteiger partial charge >= 0.3 is 0 Å². The Morgan fingerprint density at radius 3 is 2.36 bits per heavy atom. The Morgan fingerprint density at radius 1 is 1.12 bits per heavy atom. The molecule has 1 atom stereocenters. The van der Waals surface area contributed by atoms with Crippen LogP contribution in [0.3, 0.4) is 0 Å². The van der Waals surface area contributed by atoms with Crippen molar-refractivity contribution in [2.45, 2.75) is 38.0 Å². The highest BCUT2D eigenvalue weighted by Gasteiger charge is 2.31. The normalized spacial score (nSPS) is 22.4. The van der Waals surface area contributed by atoms with Crippen LogP contribution in [0.4, 0.5) is 0 Å². The molecule has 2 aliphatic rings. The first kappa shape index (κ1) is 18.4. The van der Waals surface area contributed by atoms with Crippen LogP contribution in [-0.4, -0.2) is 51.7 Å². The van der Waals surface area contributed by atoms with Gasteiger partial charge in [-0.1, -0.05) is 0 Å².